The van der Waals surface area contributed by atoms with Gasteiger partial charge in [0.1, 0.15) is 0 Å². The van der Waals surface area contributed by atoms with Crippen LogP contribution in [0.25, 0.3) is 0 Å². The third-order valence-corrected chi connectivity index (χ3v) is 4.59. The smallest absolute Gasteiger partial charge is 0.274 e. The highest BCUT2D eigenvalue weighted by molar-refractivity contribution is 5.92. The van der Waals surface area contributed by atoms with E-state index in [4.69, 9.17) is 5.26 Å². The Hall–Kier alpha value is -3.72. The Kier molecular flexibility index (Phi) is 4.50. The summed E-state index contributed by atoms with van der Waals surface area (Å²) >= 11 is 0. The minimum absolute atomic E-state index is 0.109. The van der Waals surface area contributed by atoms with Crippen molar-refractivity contribution in [3.8, 4) is 6.07 Å². The average molecular weight is 355 g/mol. The Morgan fingerprint density at radius 1 is 1.00 bits per heavy atom. The zero-order valence-corrected chi connectivity index (χ0v) is 14.6. The van der Waals surface area contributed by atoms with Crippen LogP contribution in [0.15, 0.2) is 60.7 Å². The Balaban J connectivity index is 1.44. The zero-order valence-electron chi connectivity index (χ0n) is 14.6. The molecule has 0 atom stereocenters. The fourth-order valence-corrected chi connectivity index (χ4v) is 3.12. The van der Waals surface area contributed by atoms with Gasteiger partial charge in [0.15, 0.2) is 11.5 Å². The number of nitriles is 1. The van der Waals surface area contributed by atoms with E-state index in [1.165, 1.54) is 11.1 Å². The van der Waals surface area contributed by atoms with E-state index in [9.17, 15) is 4.79 Å². The molecular formula is C21H17N5O. The minimum Gasteiger partial charge on any atom is -0.339 e. The molecule has 1 amide bonds. The molecule has 0 saturated heterocycles. The standard InChI is InChI=1S/C21H17N5O/c22-13-15-5-7-18(8-6-15)23-20-10-9-19(24-25-20)21(27)26-12-11-16-3-1-2-4-17(16)14-26/h1-10H,11-12,14H2,(H,23,25). The van der Waals surface area contributed by atoms with Crippen LogP contribution in [0.1, 0.15) is 27.2 Å². The van der Waals surface area contributed by atoms with Crippen molar-refractivity contribution in [3.63, 3.8) is 0 Å². The third kappa shape index (κ3) is 3.62. The molecule has 6 heteroatoms. The summed E-state index contributed by atoms with van der Waals surface area (Å²) in [7, 11) is 0. The van der Waals surface area contributed by atoms with Gasteiger partial charge in [-0.3, -0.25) is 4.79 Å². The number of amides is 1. The number of carbonyl (C=O) groups is 1. The minimum atomic E-state index is -0.109. The first-order valence-electron chi connectivity index (χ1n) is 8.70. The number of anilines is 2. The first-order chi connectivity index (χ1) is 13.2. The van der Waals surface area contributed by atoms with Crippen molar-refractivity contribution in [1.29, 1.82) is 5.26 Å². The van der Waals surface area contributed by atoms with E-state index >= 15 is 0 Å². The molecule has 0 radical (unpaired) electrons. The lowest BCUT2D eigenvalue weighted by Crippen LogP contribution is -2.36. The molecule has 132 valence electrons. The molecule has 0 fully saturated rings. The largest absolute Gasteiger partial charge is 0.339 e. The van der Waals surface area contributed by atoms with E-state index in [-0.39, 0.29) is 5.91 Å². The summed E-state index contributed by atoms with van der Waals surface area (Å²) in [5.41, 5.74) is 4.21. The first kappa shape index (κ1) is 16.7. The molecule has 3 aromatic rings. The van der Waals surface area contributed by atoms with Crippen LogP contribution in [-0.4, -0.2) is 27.5 Å². The predicted molar refractivity (Wildman–Crippen MR) is 101 cm³/mol. The molecular weight excluding hydrogens is 338 g/mol. The molecule has 27 heavy (non-hydrogen) atoms. The lowest BCUT2D eigenvalue weighted by Gasteiger charge is -2.28. The van der Waals surface area contributed by atoms with Gasteiger partial charge in [-0.05, 0) is 53.9 Å². The highest BCUT2D eigenvalue weighted by Crippen LogP contribution is 2.20. The number of carbonyl (C=O) groups excluding carboxylic acids is 1. The van der Waals surface area contributed by atoms with E-state index in [2.05, 4.69) is 33.7 Å². The normalized spacial score (nSPS) is 12.8. The number of rotatable bonds is 3. The lowest BCUT2D eigenvalue weighted by molar-refractivity contribution is 0.0727. The predicted octanol–water partition coefficient (Wildman–Crippen LogP) is 3.29. The van der Waals surface area contributed by atoms with Gasteiger partial charge in [-0.1, -0.05) is 24.3 Å². The van der Waals surface area contributed by atoms with E-state index in [1.54, 1.807) is 41.3 Å². The van der Waals surface area contributed by atoms with Crippen LogP contribution >= 0.6 is 0 Å². The Labute approximate surface area is 157 Å². The molecule has 4 rings (SSSR count). The quantitative estimate of drug-likeness (QED) is 0.779. The second kappa shape index (κ2) is 7.26. The third-order valence-electron chi connectivity index (χ3n) is 4.59. The molecule has 2 heterocycles. The molecule has 1 N–H and O–H groups in total. The van der Waals surface area contributed by atoms with Crippen LogP contribution in [0.2, 0.25) is 0 Å². The Bertz CT molecular complexity index is 1010. The summed E-state index contributed by atoms with van der Waals surface area (Å²) in [6.45, 7) is 1.28. The molecule has 0 aliphatic carbocycles. The Morgan fingerprint density at radius 2 is 1.78 bits per heavy atom. The van der Waals surface area contributed by atoms with Crippen molar-refractivity contribution >= 4 is 17.4 Å². The molecule has 6 nitrogen and oxygen atoms in total. The topological polar surface area (TPSA) is 81.9 Å². The van der Waals surface area contributed by atoms with Crippen LogP contribution < -0.4 is 5.32 Å². The van der Waals surface area contributed by atoms with Crippen LogP contribution in [0.3, 0.4) is 0 Å². The summed E-state index contributed by atoms with van der Waals surface area (Å²) in [6, 6.07) is 20.7. The summed E-state index contributed by atoms with van der Waals surface area (Å²) in [5.74, 6) is 0.433. The zero-order chi connectivity index (χ0) is 18.6. The monoisotopic (exact) mass is 355 g/mol. The Morgan fingerprint density at radius 3 is 2.48 bits per heavy atom. The first-order valence-corrected chi connectivity index (χ1v) is 8.70. The molecule has 0 spiro atoms. The van der Waals surface area contributed by atoms with Gasteiger partial charge in [0.2, 0.25) is 0 Å². The van der Waals surface area contributed by atoms with E-state index in [1.807, 2.05) is 12.1 Å². The van der Waals surface area contributed by atoms with Crippen LogP contribution in [0, 0.1) is 11.3 Å². The molecule has 0 saturated carbocycles. The van der Waals surface area contributed by atoms with Gasteiger partial charge < -0.3 is 10.2 Å². The van der Waals surface area contributed by atoms with Crippen molar-refractivity contribution in [2.75, 3.05) is 11.9 Å². The lowest BCUT2D eigenvalue weighted by atomic mass is 10.00. The molecule has 1 aliphatic rings. The van der Waals surface area contributed by atoms with Gasteiger partial charge in [-0.15, -0.1) is 10.2 Å². The maximum Gasteiger partial charge on any atom is 0.274 e. The highest BCUT2D eigenvalue weighted by Gasteiger charge is 2.22. The van der Waals surface area contributed by atoms with Crippen LogP contribution in [0.5, 0.6) is 0 Å². The van der Waals surface area contributed by atoms with Crippen LogP contribution in [-0.2, 0) is 13.0 Å². The van der Waals surface area contributed by atoms with Gasteiger partial charge in [-0.2, -0.15) is 5.26 Å². The number of aromatic nitrogens is 2. The number of fused-ring (bicyclic) bond motifs is 1. The second-order valence-corrected chi connectivity index (χ2v) is 6.36. The number of nitrogens with one attached hydrogen (secondary N) is 1. The molecule has 1 aliphatic heterocycles. The van der Waals surface area contributed by atoms with Crippen molar-refractivity contribution in [3.05, 3.63) is 83.0 Å². The summed E-state index contributed by atoms with van der Waals surface area (Å²) in [4.78, 5) is 14.5. The van der Waals surface area contributed by atoms with Crippen molar-refractivity contribution in [1.82, 2.24) is 15.1 Å². The summed E-state index contributed by atoms with van der Waals surface area (Å²) in [6.07, 6.45) is 0.855. The number of hydrogen-bond acceptors (Lipinski definition) is 5. The molecule has 0 bridgehead atoms. The summed E-state index contributed by atoms with van der Waals surface area (Å²) < 4.78 is 0. The molecule has 2 aromatic carbocycles. The van der Waals surface area contributed by atoms with E-state index in [0.29, 0.717) is 30.2 Å². The van der Waals surface area contributed by atoms with E-state index < -0.39 is 0 Å². The molecule has 0 unspecified atom stereocenters. The van der Waals surface area contributed by atoms with Gasteiger partial charge in [0.25, 0.3) is 5.91 Å². The van der Waals surface area contributed by atoms with Gasteiger partial charge in [-0.25, -0.2) is 0 Å². The van der Waals surface area contributed by atoms with Gasteiger partial charge in [0, 0.05) is 18.8 Å². The van der Waals surface area contributed by atoms with Crippen LogP contribution in [0.4, 0.5) is 11.5 Å². The average Bonchev–Trinajstić information content (AvgIpc) is 2.74. The molecule has 1 aromatic heterocycles. The fraction of sp³-hybridized carbons (Fsp3) is 0.143. The highest BCUT2D eigenvalue weighted by atomic mass is 16.2. The number of nitrogens with zero attached hydrogens (tertiary/aromatic N) is 4. The number of hydrogen-bond donors (Lipinski definition) is 1. The van der Waals surface area contributed by atoms with Crippen molar-refractivity contribution in [2.24, 2.45) is 0 Å². The summed E-state index contributed by atoms with van der Waals surface area (Å²) in [5, 5.41) is 20.1. The van der Waals surface area contributed by atoms with Gasteiger partial charge in [0.05, 0.1) is 11.6 Å². The van der Waals surface area contributed by atoms with E-state index in [0.717, 1.165) is 12.1 Å². The van der Waals surface area contributed by atoms with Crippen molar-refractivity contribution < 1.29 is 4.79 Å². The SMILES string of the molecule is N#Cc1ccc(Nc2ccc(C(=O)N3CCc4ccccc4C3)nn2)cc1. The second-order valence-electron chi connectivity index (χ2n) is 6.36. The number of benzene rings is 2. The fourth-order valence-electron chi connectivity index (χ4n) is 3.12. The maximum absolute atomic E-state index is 12.7. The van der Waals surface area contributed by atoms with Crippen molar-refractivity contribution in [2.45, 2.75) is 13.0 Å². The maximum atomic E-state index is 12.7. The van der Waals surface area contributed by atoms with Gasteiger partial charge >= 0.3 is 0 Å².